The number of carbonyl (C=O) groups excluding carboxylic acids is 1. The second-order valence-corrected chi connectivity index (χ2v) is 5.78. The predicted octanol–water partition coefficient (Wildman–Crippen LogP) is 2.97. The summed E-state index contributed by atoms with van der Waals surface area (Å²) in [6.07, 6.45) is 1.45. The van der Waals surface area contributed by atoms with Gasteiger partial charge in [-0.2, -0.15) is 0 Å². The fraction of sp³-hybridized carbons (Fsp3) is 0.300. The molecule has 0 aliphatic carbocycles. The zero-order valence-electron chi connectivity index (χ0n) is 14.9. The standard InChI is InChI=1S/C20H23NO5/c1-25-16-12-11-14(17(13-16)26-2)9-6-10-18(22)21-19(20(23)24)15-7-4-3-5-8-15/h3-5,7-8,11-13,19H,6,9-10H2,1-2H3,(H,21,22)(H,23,24). The summed E-state index contributed by atoms with van der Waals surface area (Å²) in [5.41, 5.74) is 1.52. The number of aliphatic carboxylic acids is 1. The Morgan fingerprint density at radius 1 is 1.08 bits per heavy atom. The fourth-order valence-corrected chi connectivity index (χ4v) is 2.66. The molecular formula is C20H23NO5. The Bertz CT molecular complexity index is 745. The van der Waals surface area contributed by atoms with Crippen LogP contribution in [0.15, 0.2) is 48.5 Å². The Morgan fingerprint density at radius 3 is 2.42 bits per heavy atom. The molecule has 0 saturated heterocycles. The molecular weight excluding hydrogens is 334 g/mol. The van der Waals surface area contributed by atoms with Gasteiger partial charge in [-0.3, -0.25) is 4.79 Å². The molecule has 138 valence electrons. The lowest BCUT2D eigenvalue weighted by atomic mass is 10.0. The average molecular weight is 357 g/mol. The molecule has 0 aliphatic rings. The molecule has 2 N–H and O–H groups in total. The second kappa shape index (κ2) is 9.46. The smallest absolute Gasteiger partial charge is 0.330 e. The lowest BCUT2D eigenvalue weighted by Gasteiger charge is -2.15. The van der Waals surface area contributed by atoms with Gasteiger partial charge < -0.3 is 19.9 Å². The Hall–Kier alpha value is -3.02. The van der Waals surface area contributed by atoms with E-state index >= 15 is 0 Å². The molecule has 2 aromatic rings. The number of nitrogens with one attached hydrogen (secondary N) is 1. The first-order valence-corrected chi connectivity index (χ1v) is 8.33. The Labute approximate surface area is 152 Å². The van der Waals surface area contributed by atoms with Crippen molar-refractivity contribution in [3.05, 3.63) is 59.7 Å². The van der Waals surface area contributed by atoms with Gasteiger partial charge in [-0.1, -0.05) is 36.4 Å². The van der Waals surface area contributed by atoms with Crippen molar-refractivity contribution in [1.82, 2.24) is 5.32 Å². The minimum Gasteiger partial charge on any atom is -0.497 e. The predicted molar refractivity (Wildman–Crippen MR) is 97.4 cm³/mol. The van der Waals surface area contributed by atoms with E-state index in [0.29, 0.717) is 29.9 Å². The van der Waals surface area contributed by atoms with Crippen molar-refractivity contribution in [2.24, 2.45) is 0 Å². The average Bonchev–Trinajstić information content (AvgIpc) is 2.66. The van der Waals surface area contributed by atoms with Crippen molar-refractivity contribution in [2.75, 3.05) is 14.2 Å². The molecule has 0 heterocycles. The van der Waals surface area contributed by atoms with Gasteiger partial charge >= 0.3 is 5.97 Å². The molecule has 6 nitrogen and oxygen atoms in total. The van der Waals surface area contributed by atoms with Crippen LogP contribution in [0.5, 0.6) is 11.5 Å². The lowest BCUT2D eigenvalue weighted by Crippen LogP contribution is -2.33. The Kier molecular flexibility index (Phi) is 7.02. The van der Waals surface area contributed by atoms with Crippen molar-refractivity contribution < 1.29 is 24.2 Å². The summed E-state index contributed by atoms with van der Waals surface area (Å²) >= 11 is 0. The van der Waals surface area contributed by atoms with Crippen molar-refractivity contribution in [3.8, 4) is 11.5 Å². The lowest BCUT2D eigenvalue weighted by molar-refractivity contribution is -0.142. The number of methoxy groups -OCH3 is 2. The maximum Gasteiger partial charge on any atom is 0.330 e. The quantitative estimate of drug-likeness (QED) is 0.721. The zero-order chi connectivity index (χ0) is 18.9. The third-order valence-electron chi connectivity index (χ3n) is 4.03. The summed E-state index contributed by atoms with van der Waals surface area (Å²) in [5.74, 6) is 0.0306. The van der Waals surface area contributed by atoms with Gasteiger partial charge in [-0.25, -0.2) is 4.79 Å². The molecule has 6 heteroatoms. The molecule has 2 aromatic carbocycles. The van der Waals surface area contributed by atoms with E-state index in [1.165, 1.54) is 0 Å². The highest BCUT2D eigenvalue weighted by molar-refractivity contribution is 5.84. The normalized spacial score (nSPS) is 11.5. The number of aryl methyl sites for hydroxylation is 1. The highest BCUT2D eigenvalue weighted by Gasteiger charge is 2.21. The highest BCUT2D eigenvalue weighted by Crippen LogP contribution is 2.26. The first-order chi connectivity index (χ1) is 12.5. The molecule has 0 saturated carbocycles. The van der Waals surface area contributed by atoms with E-state index in [9.17, 15) is 14.7 Å². The third kappa shape index (κ3) is 5.24. The number of hydrogen-bond donors (Lipinski definition) is 2. The van der Waals surface area contributed by atoms with Crippen LogP contribution in [0.3, 0.4) is 0 Å². The van der Waals surface area contributed by atoms with Gasteiger partial charge in [0, 0.05) is 12.5 Å². The summed E-state index contributed by atoms with van der Waals surface area (Å²) in [6.45, 7) is 0. The number of carboxylic acid groups (broad SMARTS) is 1. The number of rotatable bonds is 9. The van der Waals surface area contributed by atoms with Gasteiger partial charge in [-0.15, -0.1) is 0 Å². The fourth-order valence-electron chi connectivity index (χ4n) is 2.66. The minimum absolute atomic E-state index is 0.228. The minimum atomic E-state index is -1.08. The highest BCUT2D eigenvalue weighted by atomic mass is 16.5. The molecule has 1 atom stereocenters. The molecule has 0 spiro atoms. The molecule has 0 aliphatic heterocycles. The van der Waals surface area contributed by atoms with Crippen LogP contribution in [-0.4, -0.2) is 31.2 Å². The van der Waals surface area contributed by atoms with Gasteiger partial charge in [0.1, 0.15) is 11.5 Å². The number of amides is 1. The SMILES string of the molecule is COc1ccc(CCCC(=O)NC(C(=O)O)c2ccccc2)c(OC)c1. The molecule has 1 unspecified atom stereocenters. The molecule has 0 bridgehead atoms. The number of ether oxygens (including phenoxy) is 2. The van der Waals surface area contributed by atoms with E-state index < -0.39 is 12.0 Å². The van der Waals surface area contributed by atoms with Gasteiger partial charge in [0.05, 0.1) is 14.2 Å². The van der Waals surface area contributed by atoms with E-state index in [-0.39, 0.29) is 12.3 Å². The third-order valence-corrected chi connectivity index (χ3v) is 4.03. The summed E-state index contributed by atoms with van der Waals surface area (Å²) < 4.78 is 10.5. The van der Waals surface area contributed by atoms with Crippen molar-refractivity contribution in [3.63, 3.8) is 0 Å². The number of carboxylic acids is 1. The largest absolute Gasteiger partial charge is 0.497 e. The van der Waals surface area contributed by atoms with Crippen molar-refractivity contribution >= 4 is 11.9 Å². The number of carbonyl (C=O) groups is 2. The van der Waals surface area contributed by atoms with Crippen LogP contribution in [0.1, 0.15) is 30.0 Å². The number of benzene rings is 2. The Morgan fingerprint density at radius 2 is 1.81 bits per heavy atom. The van der Waals surface area contributed by atoms with E-state index in [4.69, 9.17) is 9.47 Å². The van der Waals surface area contributed by atoms with Crippen molar-refractivity contribution in [1.29, 1.82) is 0 Å². The summed E-state index contributed by atoms with van der Waals surface area (Å²) in [7, 11) is 3.17. The molecule has 0 fully saturated rings. The summed E-state index contributed by atoms with van der Waals surface area (Å²) in [5, 5.41) is 11.9. The van der Waals surface area contributed by atoms with E-state index in [1.54, 1.807) is 50.6 Å². The number of hydrogen-bond acceptors (Lipinski definition) is 4. The van der Waals surface area contributed by atoms with Gasteiger partial charge in [0.25, 0.3) is 0 Å². The molecule has 0 radical (unpaired) electrons. The van der Waals surface area contributed by atoms with Crippen LogP contribution in [0.25, 0.3) is 0 Å². The molecule has 1 amide bonds. The van der Waals surface area contributed by atoms with Crippen LogP contribution in [-0.2, 0) is 16.0 Å². The summed E-state index contributed by atoms with van der Waals surface area (Å²) in [6, 6.07) is 13.1. The van der Waals surface area contributed by atoms with E-state index in [0.717, 1.165) is 5.56 Å². The second-order valence-electron chi connectivity index (χ2n) is 5.78. The topological polar surface area (TPSA) is 84.9 Å². The first-order valence-electron chi connectivity index (χ1n) is 8.33. The van der Waals surface area contributed by atoms with Gasteiger partial charge in [-0.05, 0) is 30.0 Å². The zero-order valence-corrected chi connectivity index (χ0v) is 14.9. The van der Waals surface area contributed by atoms with Crippen LogP contribution < -0.4 is 14.8 Å². The van der Waals surface area contributed by atoms with Crippen LogP contribution in [0, 0.1) is 0 Å². The van der Waals surface area contributed by atoms with Crippen LogP contribution in [0.4, 0.5) is 0 Å². The monoisotopic (exact) mass is 357 g/mol. The van der Waals surface area contributed by atoms with Crippen LogP contribution in [0.2, 0.25) is 0 Å². The van der Waals surface area contributed by atoms with E-state index in [1.807, 2.05) is 12.1 Å². The molecule has 26 heavy (non-hydrogen) atoms. The maximum atomic E-state index is 12.2. The summed E-state index contributed by atoms with van der Waals surface area (Å²) in [4.78, 5) is 23.6. The van der Waals surface area contributed by atoms with Crippen LogP contribution >= 0.6 is 0 Å². The van der Waals surface area contributed by atoms with E-state index in [2.05, 4.69) is 5.32 Å². The molecule has 2 rings (SSSR count). The van der Waals surface area contributed by atoms with Crippen molar-refractivity contribution in [2.45, 2.75) is 25.3 Å². The maximum absolute atomic E-state index is 12.2. The molecule has 0 aromatic heterocycles. The first kappa shape index (κ1) is 19.3. The van der Waals surface area contributed by atoms with Gasteiger partial charge in [0.15, 0.2) is 6.04 Å². The van der Waals surface area contributed by atoms with Gasteiger partial charge in [0.2, 0.25) is 5.91 Å². The Balaban J connectivity index is 1.91.